The Morgan fingerprint density at radius 2 is 1.96 bits per heavy atom. The normalized spacial score (nSPS) is 22.8. The molecule has 1 N–H and O–H groups in total. The number of rotatable bonds is 4. The van der Waals surface area contributed by atoms with Gasteiger partial charge in [-0.2, -0.15) is 4.98 Å². The van der Waals surface area contributed by atoms with E-state index in [1.54, 1.807) is 26.0 Å². The van der Waals surface area contributed by atoms with Crippen LogP contribution in [-0.2, 0) is 4.79 Å². The number of carboxylic acid groups (broad SMARTS) is 1. The second-order valence-electron chi connectivity index (χ2n) is 8.23. The summed E-state index contributed by atoms with van der Waals surface area (Å²) >= 11 is 9.29. The van der Waals surface area contributed by atoms with E-state index < -0.39 is 17.2 Å². The van der Waals surface area contributed by atoms with Gasteiger partial charge in [-0.1, -0.05) is 0 Å². The average Bonchev–Trinajstić information content (AvgIpc) is 2.86. The third kappa shape index (κ3) is 3.35. The van der Waals surface area contributed by atoms with Gasteiger partial charge in [0.2, 0.25) is 5.28 Å². The zero-order valence-electron chi connectivity index (χ0n) is 15.6. The van der Waals surface area contributed by atoms with Crippen molar-refractivity contribution in [1.82, 2.24) is 14.9 Å². The highest BCUT2D eigenvalue weighted by atomic mass is 79.9. The van der Waals surface area contributed by atoms with Gasteiger partial charge in [-0.25, -0.2) is 9.37 Å². The minimum absolute atomic E-state index is 0.0151. The molecule has 0 radical (unpaired) electrons. The molecular weight excluding hydrogens is 451 g/mol. The molecule has 4 rings (SSSR count). The summed E-state index contributed by atoms with van der Waals surface area (Å²) in [5.41, 5.74) is -0.602. The molecule has 6 nitrogen and oxygen atoms in total. The largest absolute Gasteiger partial charge is 0.481 e. The molecule has 0 saturated carbocycles. The maximum Gasteiger partial charge on any atom is 0.310 e. The molecule has 28 heavy (non-hydrogen) atoms. The molecule has 2 aliphatic heterocycles. The van der Waals surface area contributed by atoms with Crippen LogP contribution in [0.25, 0.3) is 10.9 Å². The van der Waals surface area contributed by atoms with Gasteiger partial charge in [0, 0.05) is 37.1 Å². The second-order valence-corrected chi connectivity index (χ2v) is 9.42. The van der Waals surface area contributed by atoms with E-state index in [2.05, 4.69) is 35.7 Å². The third-order valence-corrected chi connectivity index (χ3v) is 6.58. The standard InChI is InChI=1S/C19H21BrClFN4O2/c1-19(2,17(27)28)9-26-10-3-4-11(26)8-25(7-10)16-12-5-6-13(20)14(22)15(12)23-18(21)24-16/h5-6,10-11H,3-4,7-9H2,1-2H3,(H,27,28)/t10-,11+. The van der Waals surface area contributed by atoms with Crippen LogP contribution in [0.3, 0.4) is 0 Å². The number of anilines is 1. The minimum Gasteiger partial charge on any atom is -0.481 e. The zero-order valence-corrected chi connectivity index (χ0v) is 18.0. The second kappa shape index (κ2) is 7.07. The SMILES string of the molecule is CC(C)(CN1[C@@H]2CC[C@H]1CN(c1nc(Cl)nc3c(F)c(Br)ccc13)C2)C(=O)O. The maximum absolute atomic E-state index is 14.5. The lowest BCUT2D eigenvalue weighted by atomic mass is 9.92. The molecule has 2 bridgehead atoms. The van der Waals surface area contributed by atoms with Gasteiger partial charge in [0.15, 0.2) is 5.82 Å². The monoisotopic (exact) mass is 470 g/mol. The number of halogens is 3. The van der Waals surface area contributed by atoms with E-state index in [0.29, 0.717) is 35.3 Å². The Morgan fingerprint density at radius 3 is 2.57 bits per heavy atom. The molecule has 0 aliphatic carbocycles. The van der Waals surface area contributed by atoms with Gasteiger partial charge in [0.1, 0.15) is 11.3 Å². The summed E-state index contributed by atoms with van der Waals surface area (Å²) in [5.74, 6) is -0.604. The number of hydrogen-bond donors (Lipinski definition) is 1. The van der Waals surface area contributed by atoms with Crippen molar-refractivity contribution < 1.29 is 14.3 Å². The summed E-state index contributed by atoms with van der Waals surface area (Å²) in [5, 5.41) is 10.1. The number of hydrogen-bond acceptors (Lipinski definition) is 5. The first-order valence-electron chi connectivity index (χ1n) is 9.23. The Hall–Kier alpha value is -1.51. The Labute approximate surface area is 175 Å². The molecular formula is C19H21BrClFN4O2. The lowest BCUT2D eigenvalue weighted by molar-refractivity contribution is -0.148. The van der Waals surface area contributed by atoms with Crippen molar-refractivity contribution in [2.24, 2.45) is 5.41 Å². The van der Waals surface area contributed by atoms with E-state index in [4.69, 9.17) is 11.6 Å². The van der Waals surface area contributed by atoms with Crippen LogP contribution >= 0.6 is 27.5 Å². The smallest absolute Gasteiger partial charge is 0.310 e. The molecule has 9 heteroatoms. The van der Waals surface area contributed by atoms with E-state index in [1.807, 2.05) is 0 Å². The van der Waals surface area contributed by atoms with Crippen LogP contribution in [-0.4, -0.2) is 57.7 Å². The maximum atomic E-state index is 14.5. The van der Waals surface area contributed by atoms with Gasteiger partial charge in [-0.3, -0.25) is 9.69 Å². The van der Waals surface area contributed by atoms with Crippen LogP contribution in [0.1, 0.15) is 26.7 Å². The molecule has 2 atom stereocenters. The van der Waals surface area contributed by atoms with Gasteiger partial charge in [0.25, 0.3) is 0 Å². The Morgan fingerprint density at radius 1 is 1.32 bits per heavy atom. The zero-order chi connectivity index (χ0) is 20.2. The van der Waals surface area contributed by atoms with Crippen molar-refractivity contribution in [1.29, 1.82) is 0 Å². The number of fused-ring (bicyclic) bond motifs is 3. The molecule has 0 amide bonds. The first kappa shape index (κ1) is 19.8. The fraction of sp³-hybridized carbons (Fsp3) is 0.526. The summed E-state index contributed by atoms with van der Waals surface area (Å²) in [6.45, 7) is 5.44. The van der Waals surface area contributed by atoms with Crippen molar-refractivity contribution in [3.8, 4) is 0 Å². The topological polar surface area (TPSA) is 69.6 Å². The molecule has 2 aromatic rings. The predicted molar refractivity (Wildman–Crippen MR) is 109 cm³/mol. The number of piperazine rings is 1. The van der Waals surface area contributed by atoms with Gasteiger partial charge in [0.05, 0.1) is 9.89 Å². The van der Waals surface area contributed by atoms with Crippen LogP contribution < -0.4 is 4.90 Å². The Kier molecular flexibility index (Phi) is 5.00. The summed E-state index contributed by atoms with van der Waals surface area (Å²) in [6.07, 6.45) is 2.01. The molecule has 2 aliphatic rings. The van der Waals surface area contributed by atoms with Gasteiger partial charge < -0.3 is 10.0 Å². The fourth-order valence-electron chi connectivity index (χ4n) is 4.28. The first-order chi connectivity index (χ1) is 13.2. The predicted octanol–water partition coefficient (Wildman–Crippen LogP) is 3.95. The molecule has 2 fully saturated rings. The highest BCUT2D eigenvalue weighted by molar-refractivity contribution is 9.10. The van der Waals surface area contributed by atoms with Crippen molar-refractivity contribution in [3.63, 3.8) is 0 Å². The number of nitrogens with zero attached hydrogens (tertiary/aromatic N) is 4. The average molecular weight is 472 g/mol. The quantitative estimate of drug-likeness (QED) is 0.681. The highest BCUT2D eigenvalue weighted by Crippen LogP contribution is 2.37. The van der Waals surface area contributed by atoms with Crippen molar-refractivity contribution >= 4 is 50.2 Å². The summed E-state index contributed by atoms with van der Waals surface area (Å²) < 4.78 is 14.9. The van der Waals surface area contributed by atoms with Crippen LogP contribution in [0.2, 0.25) is 5.28 Å². The number of benzene rings is 1. The van der Waals surface area contributed by atoms with Crippen LogP contribution in [0.5, 0.6) is 0 Å². The van der Waals surface area contributed by atoms with Gasteiger partial charge in [-0.05, 0) is 66.4 Å². The molecule has 0 unspecified atom stereocenters. The molecule has 3 heterocycles. The summed E-state index contributed by atoms with van der Waals surface area (Å²) in [4.78, 5) is 24.5. The number of carboxylic acids is 1. The van der Waals surface area contributed by atoms with Gasteiger partial charge in [-0.15, -0.1) is 0 Å². The number of aromatic nitrogens is 2. The van der Waals surface area contributed by atoms with E-state index in [-0.39, 0.29) is 22.9 Å². The summed E-state index contributed by atoms with van der Waals surface area (Å²) in [7, 11) is 0. The molecule has 0 spiro atoms. The highest BCUT2D eigenvalue weighted by Gasteiger charge is 2.44. The van der Waals surface area contributed by atoms with Crippen LogP contribution in [0.15, 0.2) is 16.6 Å². The van der Waals surface area contributed by atoms with E-state index in [0.717, 1.165) is 12.8 Å². The molecule has 150 valence electrons. The Balaban J connectivity index is 1.65. The number of carbonyl (C=O) groups is 1. The lowest BCUT2D eigenvalue weighted by Gasteiger charge is -2.44. The van der Waals surface area contributed by atoms with E-state index >= 15 is 0 Å². The molecule has 2 saturated heterocycles. The first-order valence-corrected chi connectivity index (χ1v) is 10.4. The van der Waals surface area contributed by atoms with Crippen molar-refractivity contribution in [3.05, 3.63) is 27.7 Å². The minimum atomic E-state index is -0.802. The van der Waals surface area contributed by atoms with E-state index in [9.17, 15) is 14.3 Å². The lowest BCUT2D eigenvalue weighted by Crippen LogP contribution is -2.57. The summed E-state index contributed by atoms with van der Waals surface area (Å²) in [6, 6.07) is 3.93. The third-order valence-electron chi connectivity index (χ3n) is 5.80. The molecule has 1 aromatic carbocycles. The van der Waals surface area contributed by atoms with Crippen molar-refractivity contribution in [2.75, 3.05) is 24.5 Å². The van der Waals surface area contributed by atoms with Crippen molar-refractivity contribution in [2.45, 2.75) is 38.8 Å². The van der Waals surface area contributed by atoms with E-state index in [1.165, 1.54) is 0 Å². The molecule has 1 aromatic heterocycles. The van der Waals surface area contributed by atoms with Gasteiger partial charge >= 0.3 is 5.97 Å². The van der Waals surface area contributed by atoms with Crippen LogP contribution in [0, 0.1) is 11.2 Å². The Bertz CT molecular complexity index is 943. The van der Waals surface area contributed by atoms with Crippen LogP contribution in [0.4, 0.5) is 10.2 Å². The number of aliphatic carboxylic acids is 1. The fourth-order valence-corrected chi connectivity index (χ4v) is 4.77.